The third kappa shape index (κ3) is 3.22. The van der Waals surface area contributed by atoms with Crippen LogP contribution in [0.5, 0.6) is 11.5 Å². The van der Waals surface area contributed by atoms with E-state index in [2.05, 4.69) is 26.1 Å². The van der Waals surface area contributed by atoms with Crippen molar-refractivity contribution in [2.75, 3.05) is 14.2 Å². The molecule has 27 heavy (non-hydrogen) atoms. The van der Waals surface area contributed by atoms with Gasteiger partial charge in [-0.1, -0.05) is 39.4 Å². The van der Waals surface area contributed by atoms with Crippen molar-refractivity contribution in [3.05, 3.63) is 67.4 Å². The Morgan fingerprint density at radius 3 is 2.63 bits per heavy atom. The Balaban J connectivity index is 1.88. The molecule has 2 aromatic carbocycles. The molecule has 0 N–H and O–H groups in total. The van der Waals surface area contributed by atoms with Crippen molar-refractivity contribution in [3.8, 4) is 22.9 Å². The van der Waals surface area contributed by atoms with Gasteiger partial charge in [-0.15, -0.1) is 10.2 Å². The Kier molecular flexibility index (Phi) is 4.67. The van der Waals surface area contributed by atoms with E-state index in [0.717, 1.165) is 15.6 Å². The average Bonchev–Trinajstić information content (AvgIpc) is 3.22. The summed E-state index contributed by atoms with van der Waals surface area (Å²) >= 11 is 4.75. The molecule has 0 unspecified atom stereocenters. The summed E-state index contributed by atoms with van der Waals surface area (Å²) in [4.78, 5) is 13.5. The van der Waals surface area contributed by atoms with E-state index in [9.17, 15) is 4.79 Å². The average molecular weight is 444 g/mol. The minimum atomic E-state index is -0.148. The highest BCUT2D eigenvalue weighted by Gasteiger charge is 2.16. The standard InChI is InChI=1S/C19H14BrN3O3S/c1-25-14-7-6-12(10-15(14)26-2)17-21-22-19-23(17)18(24)16(27-19)9-11-4-3-5-13(20)8-11/h3-10H,1-2H3/b16-9+. The van der Waals surface area contributed by atoms with Gasteiger partial charge < -0.3 is 9.47 Å². The fraction of sp³-hybridized carbons (Fsp3) is 0.105. The molecule has 0 aliphatic carbocycles. The molecular weight excluding hydrogens is 430 g/mol. The number of thiazole rings is 1. The molecule has 8 heteroatoms. The molecule has 0 atom stereocenters. The molecule has 6 nitrogen and oxygen atoms in total. The van der Waals surface area contributed by atoms with E-state index in [-0.39, 0.29) is 5.56 Å². The predicted octanol–water partition coefficient (Wildman–Crippen LogP) is 3.15. The Morgan fingerprint density at radius 2 is 1.89 bits per heavy atom. The maximum atomic E-state index is 12.9. The van der Waals surface area contributed by atoms with E-state index >= 15 is 0 Å². The molecule has 0 amide bonds. The summed E-state index contributed by atoms with van der Waals surface area (Å²) in [6.45, 7) is 0. The highest BCUT2D eigenvalue weighted by atomic mass is 79.9. The first kappa shape index (κ1) is 17.7. The highest BCUT2D eigenvalue weighted by Crippen LogP contribution is 2.31. The largest absolute Gasteiger partial charge is 0.493 e. The number of aromatic nitrogens is 3. The molecule has 0 spiro atoms. The zero-order valence-electron chi connectivity index (χ0n) is 14.5. The van der Waals surface area contributed by atoms with Crippen molar-refractivity contribution in [3.63, 3.8) is 0 Å². The first-order chi connectivity index (χ1) is 13.1. The van der Waals surface area contributed by atoms with E-state index < -0.39 is 0 Å². The van der Waals surface area contributed by atoms with Gasteiger partial charge in [0.05, 0.1) is 18.8 Å². The van der Waals surface area contributed by atoms with Crippen molar-refractivity contribution in [2.24, 2.45) is 0 Å². The van der Waals surface area contributed by atoms with Gasteiger partial charge >= 0.3 is 0 Å². The summed E-state index contributed by atoms with van der Waals surface area (Å²) in [5.74, 6) is 1.65. The topological polar surface area (TPSA) is 65.7 Å². The van der Waals surface area contributed by atoms with Crippen molar-refractivity contribution in [2.45, 2.75) is 0 Å². The Bertz CT molecular complexity index is 1250. The number of rotatable bonds is 4. The molecule has 0 bridgehead atoms. The van der Waals surface area contributed by atoms with Gasteiger partial charge in [-0.3, -0.25) is 4.79 Å². The smallest absolute Gasteiger partial charge is 0.276 e. The lowest BCUT2D eigenvalue weighted by molar-refractivity contribution is 0.355. The molecule has 0 fully saturated rings. The zero-order valence-corrected chi connectivity index (χ0v) is 16.9. The summed E-state index contributed by atoms with van der Waals surface area (Å²) in [5.41, 5.74) is 1.51. The number of methoxy groups -OCH3 is 2. The Hall–Kier alpha value is -2.71. The first-order valence-corrected chi connectivity index (χ1v) is 9.59. The van der Waals surface area contributed by atoms with Gasteiger partial charge in [0.25, 0.3) is 5.56 Å². The van der Waals surface area contributed by atoms with Gasteiger partial charge in [0.1, 0.15) is 0 Å². The predicted molar refractivity (Wildman–Crippen MR) is 109 cm³/mol. The fourth-order valence-corrected chi connectivity index (χ4v) is 4.10. The van der Waals surface area contributed by atoms with Crippen LogP contribution in [0.1, 0.15) is 5.56 Å². The van der Waals surface area contributed by atoms with Gasteiger partial charge in [0, 0.05) is 10.0 Å². The number of benzene rings is 2. The minimum absolute atomic E-state index is 0.148. The zero-order chi connectivity index (χ0) is 19.0. The second kappa shape index (κ2) is 7.13. The van der Waals surface area contributed by atoms with Gasteiger partial charge in [0.15, 0.2) is 17.3 Å². The number of hydrogen-bond acceptors (Lipinski definition) is 6. The molecule has 4 rings (SSSR count). The van der Waals surface area contributed by atoms with E-state index in [0.29, 0.717) is 26.8 Å². The maximum absolute atomic E-state index is 12.9. The molecule has 0 saturated heterocycles. The molecule has 0 aliphatic heterocycles. The second-order valence-electron chi connectivity index (χ2n) is 5.68. The summed E-state index contributed by atoms with van der Waals surface area (Å²) in [6, 6.07) is 13.2. The third-order valence-electron chi connectivity index (χ3n) is 4.04. The van der Waals surface area contributed by atoms with Crippen LogP contribution in [0.2, 0.25) is 0 Å². The quantitative estimate of drug-likeness (QED) is 0.484. The summed E-state index contributed by atoms with van der Waals surface area (Å²) in [6.07, 6.45) is 1.85. The SMILES string of the molecule is COc1ccc(-c2nnc3s/c(=C/c4cccc(Br)c4)c(=O)n23)cc1OC. The number of nitrogens with zero attached hydrogens (tertiary/aromatic N) is 3. The van der Waals surface area contributed by atoms with E-state index in [1.807, 2.05) is 36.4 Å². The van der Waals surface area contributed by atoms with Crippen LogP contribution in [-0.2, 0) is 0 Å². The summed E-state index contributed by atoms with van der Waals surface area (Å²) in [7, 11) is 3.14. The van der Waals surface area contributed by atoms with Gasteiger partial charge in [-0.05, 0) is 42.0 Å². The second-order valence-corrected chi connectivity index (χ2v) is 7.61. The van der Waals surface area contributed by atoms with Crippen LogP contribution in [-0.4, -0.2) is 28.8 Å². The molecule has 0 radical (unpaired) electrons. The molecule has 0 saturated carbocycles. The lowest BCUT2D eigenvalue weighted by atomic mass is 10.2. The van der Waals surface area contributed by atoms with Crippen molar-refractivity contribution in [1.29, 1.82) is 0 Å². The maximum Gasteiger partial charge on any atom is 0.276 e. The van der Waals surface area contributed by atoms with Crippen LogP contribution < -0.4 is 19.6 Å². The van der Waals surface area contributed by atoms with Crippen molar-refractivity contribution in [1.82, 2.24) is 14.6 Å². The number of fused-ring (bicyclic) bond motifs is 1. The van der Waals surface area contributed by atoms with Gasteiger partial charge in [0.2, 0.25) is 4.96 Å². The van der Waals surface area contributed by atoms with Gasteiger partial charge in [-0.25, -0.2) is 4.40 Å². The van der Waals surface area contributed by atoms with Crippen LogP contribution in [0.3, 0.4) is 0 Å². The van der Waals surface area contributed by atoms with Crippen LogP contribution in [0.25, 0.3) is 22.4 Å². The normalized spacial score (nSPS) is 11.9. The minimum Gasteiger partial charge on any atom is -0.493 e. The fourth-order valence-electron chi connectivity index (χ4n) is 2.77. The van der Waals surface area contributed by atoms with Gasteiger partial charge in [-0.2, -0.15) is 0 Å². The molecule has 2 aromatic heterocycles. The van der Waals surface area contributed by atoms with Crippen molar-refractivity contribution < 1.29 is 9.47 Å². The number of halogens is 1. The van der Waals surface area contributed by atoms with Crippen LogP contribution in [0.15, 0.2) is 51.7 Å². The van der Waals surface area contributed by atoms with E-state index in [1.165, 1.54) is 15.7 Å². The third-order valence-corrected chi connectivity index (χ3v) is 5.49. The monoisotopic (exact) mass is 443 g/mol. The summed E-state index contributed by atoms with van der Waals surface area (Å²) < 4.78 is 13.7. The van der Waals surface area contributed by atoms with Crippen LogP contribution in [0.4, 0.5) is 0 Å². The Morgan fingerprint density at radius 1 is 1.07 bits per heavy atom. The molecule has 0 aliphatic rings. The number of ether oxygens (including phenoxy) is 2. The lowest BCUT2D eigenvalue weighted by Gasteiger charge is -2.08. The van der Waals surface area contributed by atoms with Crippen molar-refractivity contribution >= 4 is 38.3 Å². The molecule has 136 valence electrons. The molecule has 4 aromatic rings. The number of hydrogen-bond donors (Lipinski definition) is 0. The Labute approximate surface area is 166 Å². The first-order valence-electron chi connectivity index (χ1n) is 7.98. The van der Waals surface area contributed by atoms with Crippen LogP contribution in [0, 0.1) is 0 Å². The van der Waals surface area contributed by atoms with Crippen LogP contribution >= 0.6 is 27.3 Å². The molecule has 2 heterocycles. The van der Waals surface area contributed by atoms with E-state index in [1.54, 1.807) is 26.4 Å². The lowest BCUT2D eigenvalue weighted by Crippen LogP contribution is -2.23. The molecular formula is C19H14BrN3O3S. The highest BCUT2D eigenvalue weighted by molar-refractivity contribution is 9.10. The summed E-state index contributed by atoms with van der Waals surface area (Å²) in [5, 5.41) is 8.35. The van der Waals surface area contributed by atoms with E-state index in [4.69, 9.17) is 9.47 Å².